The molecule has 0 aliphatic rings. The molecule has 138 valence electrons. The largest absolute Gasteiger partial charge is 0.497 e. The Bertz CT molecular complexity index is 1040. The van der Waals surface area contributed by atoms with E-state index in [1.807, 2.05) is 0 Å². The van der Waals surface area contributed by atoms with Gasteiger partial charge in [-0.1, -0.05) is 12.1 Å². The lowest BCUT2D eigenvalue weighted by molar-refractivity contribution is 0.102. The number of ether oxygens (including phenoxy) is 1. The number of pyridine rings is 1. The number of sulfonamides is 1. The van der Waals surface area contributed by atoms with E-state index in [1.165, 1.54) is 37.6 Å². The highest BCUT2D eigenvalue weighted by Gasteiger charge is 2.15. The first-order chi connectivity index (χ1) is 13.0. The summed E-state index contributed by atoms with van der Waals surface area (Å²) in [5.41, 5.74) is 0.905. The Morgan fingerprint density at radius 2 is 1.78 bits per heavy atom. The molecular weight excluding hydrogens is 366 g/mol. The van der Waals surface area contributed by atoms with Crippen molar-refractivity contribution in [2.75, 3.05) is 17.1 Å². The zero-order chi connectivity index (χ0) is 19.3. The zero-order valence-electron chi connectivity index (χ0n) is 14.4. The molecule has 0 aliphatic carbocycles. The van der Waals surface area contributed by atoms with Crippen LogP contribution in [-0.2, 0) is 10.0 Å². The monoisotopic (exact) mass is 383 g/mol. The Balaban J connectivity index is 1.72. The van der Waals surface area contributed by atoms with Crippen molar-refractivity contribution in [3.05, 3.63) is 78.5 Å². The van der Waals surface area contributed by atoms with Crippen LogP contribution in [0.15, 0.2) is 77.8 Å². The van der Waals surface area contributed by atoms with Gasteiger partial charge in [-0.3, -0.25) is 9.52 Å². The van der Waals surface area contributed by atoms with Gasteiger partial charge in [0.2, 0.25) is 0 Å². The van der Waals surface area contributed by atoms with E-state index in [9.17, 15) is 13.2 Å². The normalized spacial score (nSPS) is 10.9. The van der Waals surface area contributed by atoms with Gasteiger partial charge in [0, 0.05) is 17.4 Å². The minimum absolute atomic E-state index is 0.0625. The molecule has 0 bridgehead atoms. The fourth-order valence-electron chi connectivity index (χ4n) is 2.30. The van der Waals surface area contributed by atoms with Crippen LogP contribution in [0.25, 0.3) is 0 Å². The molecular formula is C19H17N3O4S. The van der Waals surface area contributed by atoms with Gasteiger partial charge < -0.3 is 10.1 Å². The van der Waals surface area contributed by atoms with Crippen molar-refractivity contribution >= 4 is 27.4 Å². The molecule has 0 fully saturated rings. The summed E-state index contributed by atoms with van der Waals surface area (Å²) in [6, 6.07) is 17.5. The summed E-state index contributed by atoms with van der Waals surface area (Å²) < 4.78 is 32.2. The number of amides is 1. The summed E-state index contributed by atoms with van der Waals surface area (Å²) in [6.07, 6.45) is 1.50. The Hall–Kier alpha value is -3.39. The average molecular weight is 383 g/mol. The number of methoxy groups -OCH3 is 1. The van der Waals surface area contributed by atoms with Crippen LogP contribution >= 0.6 is 0 Å². The highest BCUT2D eigenvalue weighted by molar-refractivity contribution is 7.92. The molecule has 2 N–H and O–H groups in total. The first-order valence-corrected chi connectivity index (χ1v) is 9.45. The van der Waals surface area contributed by atoms with Gasteiger partial charge in [0.1, 0.15) is 11.6 Å². The maximum atomic E-state index is 12.4. The molecule has 8 heteroatoms. The molecule has 0 saturated heterocycles. The number of carbonyl (C=O) groups excluding carboxylic acids is 1. The summed E-state index contributed by atoms with van der Waals surface area (Å²) >= 11 is 0. The highest BCUT2D eigenvalue weighted by atomic mass is 32.2. The number of anilines is 2. The molecule has 3 aromatic rings. The van der Waals surface area contributed by atoms with Gasteiger partial charge in [0.15, 0.2) is 0 Å². The maximum absolute atomic E-state index is 12.4. The van der Waals surface area contributed by atoms with E-state index in [4.69, 9.17) is 4.74 Å². The van der Waals surface area contributed by atoms with Crippen molar-refractivity contribution in [2.24, 2.45) is 0 Å². The summed E-state index contributed by atoms with van der Waals surface area (Å²) in [5.74, 6) is 0.480. The smallest absolute Gasteiger partial charge is 0.263 e. The molecule has 1 aromatic heterocycles. The van der Waals surface area contributed by atoms with E-state index in [-0.39, 0.29) is 16.6 Å². The second-order valence-corrected chi connectivity index (χ2v) is 7.21. The van der Waals surface area contributed by atoms with E-state index in [1.54, 1.807) is 42.5 Å². The molecule has 0 aliphatic heterocycles. The molecule has 1 amide bonds. The van der Waals surface area contributed by atoms with Crippen LogP contribution in [0.1, 0.15) is 10.4 Å². The van der Waals surface area contributed by atoms with Crippen LogP contribution in [0.4, 0.5) is 11.5 Å². The summed E-state index contributed by atoms with van der Waals surface area (Å²) in [6.45, 7) is 0. The van der Waals surface area contributed by atoms with E-state index < -0.39 is 10.0 Å². The van der Waals surface area contributed by atoms with Crippen molar-refractivity contribution < 1.29 is 17.9 Å². The van der Waals surface area contributed by atoms with Crippen LogP contribution in [0.3, 0.4) is 0 Å². The molecule has 3 rings (SSSR count). The lowest BCUT2D eigenvalue weighted by Crippen LogP contribution is -2.14. The quantitative estimate of drug-likeness (QED) is 0.681. The van der Waals surface area contributed by atoms with Gasteiger partial charge >= 0.3 is 0 Å². The summed E-state index contributed by atoms with van der Waals surface area (Å²) in [5, 5.41) is 2.72. The van der Waals surface area contributed by atoms with Gasteiger partial charge in [-0.15, -0.1) is 0 Å². The Kier molecular flexibility index (Phi) is 5.37. The average Bonchev–Trinajstić information content (AvgIpc) is 2.69. The molecule has 2 aromatic carbocycles. The third kappa shape index (κ3) is 4.62. The Morgan fingerprint density at radius 3 is 2.44 bits per heavy atom. The summed E-state index contributed by atoms with van der Waals surface area (Å²) in [4.78, 5) is 16.3. The van der Waals surface area contributed by atoms with Crippen molar-refractivity contribution in [1.82, 2.24) is 4.98 Å². The van der Waals surface area contributed by atoms with E-state index in [0.29, 0.717) is 17.0 Å². The topological polar surface area (TPSA) is 97.4 Å². The van der Waals surface area contributed by atoms with Crippen LogP contribution in [0.2, 0.25) is 0 Å². The van der Waals surface area contributed by atoms with Gasteiger partial charge in [-0.05, 0) is 54.6 Å². The van der Waals surface area contributed by atoms with E-state index in [2.05, 4.69) is 15.0 Å². The SMILES string of the molecule is COc1cccc(C(=O)Nc2ccc(S(=O)(=O)Nc3ccccn3)cc2)c1. The first kappa shape index (κ1) is 18.4. The minimum atomic E-state index is -3.76. The zero-order valence-corrected chi connectivity index (χ0v) is 15.2. The van der Waals surface area contributed by atoms with Crippen LogP contribution in [0.5, 0.6) is 5.75 Å². The van der Waals surface area contributed by atoms with Gasteiger partial charge in [0.25, 0.3) is 15.9 Å². The predicted molar refractivity (Wildman–Crippen MR) is 102 cm³/mol. The second-order valence-electron chi connectivity index (χ2n) is 5.53. The Morgan fingerprint density at radius 1 is 1.00 bits per heavy atom. The number of hydrogen-bond acceptors (Lipinski definition) is 5. The van der Waals surface area contributed by atoms with E-state index >= 15 is 0 Å². The molecule has 0 atom stereocenters. The minimum Gasteiger partial charge on any atom is -0.497 e. The molecule has 27 heavy (non-hydrogen) atoms. The fourth-order valence-corrected chi connectivity index (χ4v) is 3.31. The van der Waals surface area contributed by atoms with Crippen LogP contribution < -0.4 is 14.8 Å². The summed E-state index contributed by atoms with van der Waals surface area (Å²) in [7, 11) is -2.24. The number of aromatic nitrogens is 1. The first-order valence-electron chi connectivity index (χ1n) is 7.97. The van der Waals surface area contributed by atoms with Crippen molar-refractivity contribution in [3.8, 4) is 5.75 Å². The number of carbonyl (C=O) groups is 1. The second kappa shape index (κ2) is 7.88. The number of nitrogens with one attached hydrogen (secondary N) is 2. The lowest BCUT2D eigenvalue weighted by atomic mass is 10.2. The third-order valence-corrected chi connectivity index (χ3v) is 5.03. The molecule has 0 radical (unpaired) electrons. The molecule has 7 nitrogen and oxygen atoms in total. The molecule has 1 heterocycles. The van der Waals surface area contributed by atoms with Crippen molar-refractivity contribution in [1.29, 1.82) is 0 Å². The predicted octanol–water partition coefficient (Wildman–Crippen LogP) is 3.14. The Labute approximate surface area is 157 Å². The maximum Gasteiger partial charge on any atom is 0.263 e. The van der Waals surface area contributed by atoms with Crippen molar-refractivity contribution in [3.63, 3.8) is 0 Å². The number of nitrogens with zero attached hydrogens (tertiary/aromatic N) is 1. The highest BCUT2D eigenvalue weighted by Crippen LogP contribution is 2.18. The van der Waals surface area contributed by atoms with Crippen LogP contribution in [0, 0.1) is 0 Å². The number of hydrogen-bond donors (Lipinski definition) is 2. The molecule has 0 saturated carbocycles. The number of rotatable bonds is 6. The van der Waals surface area contributed by atoms with Gasteiger partial charge in [0.05, 0.1) is 12.0 Å². The van der Waals surface area contributed by atoms with Gasteiger partial charge in [-0.2, -0.15) is 0 Å². The van der Waals surface area contributed by atoms with Crippen LogP contribution in [-0.4, -0.2) is 26.4 Å². The molecule has 0 unspecified atom stereocenters. The lowest BCUT2D eigenvalue weighted by Gasteiger charge is -2.09. The van der Waals surface area contributed by atoms with E-state index in [0.717, 1.165) is 0 Å². The number of benzene rings is 2. The standard InChI is InChI=1S/C19H17N3O4S/c1-26-16-6-4-5-14(13-16)19(23)21-15-8-10-17(11-9-15)27(24,25)22-18-7-2-3-12-20-18/h2-13H,1H3,(H,20,22)(H,21,23). The third-order valence-electron chi connectivity index (χ3n) is 3.66. The fraction of sp³-hybridized carbons (Fsp3) is 0.0526. The van der Waals surface area contributed by atoms with Crippen molar-refractivity contribution in [2.45, 2.75) is 4.90 Å². The van der Waals surface area contributed by atoms with Gasteiger partial charge in [-0.25, -0.2) is 13.4 Å². The molecule has 0 spiro atoms.